The lowest BCUT2D eigenvalue weighted by Gasteiger charge is -2.25. The van der Waals surface area contributed by atoms with Crippen molar-refractivity contribution in [2.45, 2.75) is 19.5 Å². The van der Waals surface area contributed by atoms with E-state index in [-0.39, 0.29) is 17.9 Å². The third kappa shape index (κ3) is 3.92. The largest absolute Gasteiger partial charge is 0.507 e. The van der Waals surface area contributed by atoms with Crippen molar-refractivity contribution >= 4 is 17.4 Å². The molecule has 1 atom stereocenters. The number of rotatable bonds is 5. The number of hydrogen-bond acceptors (Lipinski definition) is 5. The number of amides is 1. The molecular formula is C25H22N2O4. The normalized spacial score (nSPS) is 17.7. The van der Waals surface area contributed by atoms with Crippen LogP contribution >= 0.6 is 0 Å². The predicted octanol–water partition coefficient (Wildman–Crippen LogP) is 4.02. The molecule has 1 amide bonds. The summed E-state index contributed by atoms with van der Waals surface area (Å²) in [6.07, 6.45) is 3.30. The number of Topliss-reactive ketones (excluding diaryl/α,β-unsaturated/α-hetero) is 1. The van der Waals surface area contributed by atoms with E-state index in [0.717, 1.165) is 11.1 Å². The first kappa shape index (κ1) is 20.3. The number of likely N-dealkylation sites (tertiary alicyclic amines) is 1. The molecule has 1 aromatic heterocycles. The van der Waals surface area contributed by atoms with Crippen LogP contribution in [0.5, 0.6) is 5.75 Å². The van der Waals surface area contributed by atoms with Crippen molar-refractivity contribution in [2.24, 2.45) is 0 Å². The molecule has 0 bridgehead atoms. The van der Waals surface area contributed by atoms with Gasteiger partial charge in [0.25, 0.3) is 11.7 Å². The van der Waals surface area contributed by atoms with Gasteiger partial charge in [0.05, 0.1) is 18.7 Å². The summed E-state index contributed by atoms with van der Waals surface area (Å²) in [6.45, 7) is 2.12. The number of aliphatic hydroxyl groups is 1. The minimum Gasteiger partial charge on any atom is -0.507 e. The monoisotopic (exact) mass is 414 g/mol. The summed E-state index contributed by atoms with van der Waals surface area (Å²) in [7, 11) is 1.55. The van der Waals surface area contributed by atoms with Gasteiger partial charge in [-0.05, 0) is 36.2 Å². The first-order valence-electron chi connectivity index (χ1n) is 9.88. The van der Waals surface area contributed by atoms with Crippen LogP contribution in [0.2, 0.25) is 0 Å². The SMILES string of the molecule is COc1cccc(C2/C(=C(\O)c3ccc(C)cc3)C(=O)C(=O)N2Cc2cccnc2)c1. The second-order valence-corrected chi connectivity index (χ2v) is 7.43. The molecule has 1 aliphatic heterocycles. The van der Waals surface area contributed by atoms with Crippen molar-refractivity contribution in [1.82, 2.24) is 9.88 Å². The highest BCUT2D eigenvalue weighted by molar-refractivity contribution is 6.46. The average molecular weight is 414 g/mol. The van der Waals surface area contributed by atoms with Crippen molar-refractivity contribution in [3.8, 4) is 5.75 Å². The number of aliphatic hydroxyl groups excluding tert-OH is 1. The highest BCUT2D eigenvalue weighted by atomic mass is 16.5. The third-order valence-corrected chi connectivity index (χ3v) is 5.35. The molecule has 1 unspecified atom stereocenters. The first-order chi connectivity index (χ1) is 15.0. The smallest absolute Gasteiger partial charge is 0.295 e. The van der Waals surface area contributed by atoms with Crippen molar-refractivity contribution < 1.29 is 19.4 Å². The molecular weight excluding hydrogens is 392 g/mol. The Morgan fingerprint density at radius 2 is 1.87 bits per heavy atom. The van der Waals surface area contributed by atoms with Gasteiger partial charge in [-0.25, -0.2) is 0 Å². The number of carbonyl (C=O) groups excluding carboxylic acids is 2. The number of hydrogen-bond donors (Lipinski definition) is 1. The van der Waals surface area contributed by atoms with E-state index in [2.05, 4.69) is 4.98 Å². The quantitative estimate of drug-likeness (QED) is 0.388. The van der Waals surface area contributed by atoms with E-state index >= 15 is 0 Å². The minimum absolute atomic E-state index is 0.0611. The van der Waals surface area contributed by atoms with Crippen LogP contribution in [0.4, 0.5) is 0 Å². The summed E-state index contributed by atoms with van der Waals surface area (Å²) in [5.41, 5.74) is 3.03. The van der Waals surface area contributed by atoms with Crippen molar-refractivity contribution in [3.05, 3.63) is 101 Å². The van der Waals surface area contributed by atoms with Crippen LogP contribution in [-0.4, -0.2) is 33.8 Å². The fraction of sp³-hybridized carbons (Fsp3) is 0.160. The Balaban J connectivity index is 1.87. The van der Waals surface area contributed by atoms with E-state index in [0.29, 0.717) is 16.9 Å². The molecule has 0 spiro atoms. The second kappa shape index (κ2) is 8.44. The molecule has 1 fully saturated rings. The Kier molecular flexibility index (Phi) is 5.54. The maximum Gasteiger partial charge on any atom is 0.295 e. The molecule has 156 valence electrons. The third-order valence-electron chi connectivity index (χ3n) is 5.35. The topological polar surface area (TPSA) is 79.7 Å². The average Bonchev–Trinajstić information content (AvgIpc) is 3.05. The van der Waals surface area contributed by atoms with Gasteiger partial charge in [0.15, 0.2) is 0 Å². The molecule has 0 radical (unpaired) electrons. The van der Waals surface area contributed by atoms with Gasteiger partial charge in [0.1, 0.15) is 11.5 Å². The number of aryl methyl sites for hydroxylation is 1. The second-order valence-electron chi connectivity index (χ2n) is 7.43. The standard InChI is InChI=1S/C25H22N2O4/c1-16-8-10-18(11-9-16)23(28)21-22(19-6-3-7-20(13-19)31-2)27(25(30)24(21)29)15-17-5-4-12-26-14-17/h3-14,22,28H,15H2,1-2H3/b23-21+. The molecule has 0 aliphatic carbocycles. The molecule has 1 N–H and O–H groups in total. The molecule has 3 aromatic rings. The lowest BCUT2D eigenvalue weighted by molar-refractivity contribution is -0.140. The van der Waals surface area contributed by atoms with Crippen molar-refractivity contribution in [1.29, 1.82) is 0 Å². The summed E-state index contributed by atoms with van der Waals surface area (Å²) >= 11 is 0. The number of ether oxygens (including phenoxy) is 1. The molecule has 6 nitrogen and oxygen atoms in total. The zero-order valence-corrected chi connectivity index (χ0v) is 17.3. The van der Waals surface area contributed by atoms with Gasteiger partial charge in [0, 0.05) is 24.5 Å². The van der Waals surface area contributed by atoms with Crippen molar-refractivity contribution in [2.75, 3.05) is 7.11 Å². The highest BCUT2D eigenvalue weighted by Gasteiger charge is 2.46. The van der Waals surface area contributed by atoms with Crippen LogP contribution in [0.15, 0.2) is 78.6 Å². The Bertz CT molecular complexity index is 1150. The summed E-state index contributed by atoms with van der Waals surface area (Å²) in [4.78, 5) is 31.7. The number of aromatic nitrogens is 1. The van der Waals surface area contributed by atoms with E-state index in [9.17, 15) is 14.7 Å². The van der Waals surface area contributed by atoms with E-state index in [1.807, 2.05) is 31.2 Å². The van der Waals surface area contributed by atoms with Crippen LogP contribution in [0, 0.1) is 6.92 Å². The van der Waals surface area contributed by atoms with Gasteiger partial charge in [-0.1, -0.05) is 48.0 Å². The van der Waals surface area contributed by atoms with Gasteiger partial charge in [-0.3, -0.25) is 14.6 Å². The summed E-state index contributed by atoms with van der Waals surface area (Å²) in [5, 5.41) is 11.1. The number of methoxy groups -OCH3 is 1. The molecule has 31 heavy (non-hydrogen) atoms. The number of pyridine rings is 1. The van der Waals surface area contributed by atoms with Crippen LogP contribution in [0.1, 0.15) is 28.3 Å². The molecule has 1 aliphatic rings. The number of nitrogens with zero attached hydrogens (tertiary/aromatic N) is 2. The Labute approximate surface area is 180 Å². The highest BCUT2D eigenvalue weighted by Crippen LogP contribution is 2.41. The van der Waals surface area contributed by atoms with E-state index in [1.54, 1.807) is 55.9 Å². The Morgan fingerprint density at radius 1 is 1.10 bits per heavy atom. The molecule has 6 heteroatoms. The van der Waals surface area contributed by atoms with E-state index in [4.69, 9.17) is 4.74 Å². The predicted molar refractivity (Wildman–Crippen MR) is 116 cm³/mol. The van der Waals surface area contributed by atoms with Crippen LogP contribution in [0.25, 0.3) is 5.76 Å². The van der Waals surface area contributed by atoms with E-state index in [1.165, 1.54) is 4.90 Å². The zero-order chi connectivity index (χ0) is 22.0. The molecule has 0 saturated carbocycles. The zero-order valence-electron chi connectivity index (χ0n) is 17.3. The number of benzene rings is 2. The number of ketones is 1. The van der Waals surface area contributed by atoms with Crippen LogP contribution in [0.3, 0.4) is 0 Å². The summed E-state index contributed by atoms with van der Waals surface area (Å²) < 4.78 is 5.34. The lowest BCUT2D eigenvalue weighted by Crippen LogP contribution is -2.29. The maximum absolute atomic E-state index is 13.1. The van der Waals surface area contributed by atoms with Crippen LogP contribution in [-0.2, 0) is 16.1 Å². The maximum atomic E-state index is 13.1. The fourth-order valence-corrected chi connectivity index (χ4v) is 3.76. The van der Waals surface area contributed by atoms with Gasteiger partial charge in [0.2, 0.25) is 0 Å². The van der Waals surface area contributed by atoms with Crippen molar-refractivity contribution in [3.63, 3.8) is 0 Å². The van der Waals surface area contributed by atoms with Crippen LogP contribution < -0.4 is 4.74 Å². The summed E-state index contributed by atoms with van der Waals surface area (Å²) in [5.74, 6) is -0.972. The van der Waals surface area contributed by atoms with Gasteiger partial charge >= 0.3 is 0 Å². The fourth-order valence-electron chi connectivity index (χ4n) is 3.76. The Hall–Kier alpha value is -3.93. The van der Waals surface area contributed by atoms with Gasteiger partial charge < -0.3 is 14.7 Å². The first-order valence-corrected chi connectivity index (χ1v) is 9.88. The van der Waals surface area contributed by atoms with E-state index < -0.39 is 17.7 Å². The Morgan fingerprint density at radius 3 is 2.55 bits per heavy atom. The minimum atomic E-state index is -0.753. The lowest BCUT2D eigenvalue weighted by atomic mass is 9.95. The molecule has 2 aromatic carbocycles. The van der Waals surface area contributed by atoms with Gasteiger partial charge in [-0.15, -0.1) is 0 Å². The molecule has 2 heterocycles. The summed E-state index contributed by atoms with van der Waals surface area (Å²) in [6, 6.07) is 17.2. The number of carbonyl (C=O) groups is 2. The van der Waals surface area contributed by atoms with Gasteiger partial charge in [-0.2, -0.15) is 0 Å². The molecule has 4 rings (SSSR count). The molecule has 1 saturated heterocycles.